The Morgan fingerprint density at radius 1 is 1.37 bits per heavy atom. The summed E-state index contributed by atoms with van der Waals surface area (Å²) < 4.78 is 11.6. The third-order valence-electron chi connectivity index (χ3n) is 6.47. The summed E-state index contributed by atoms with van der Waals surface area (Å²) in [5.74, 6) is 6.05. The Balaban J connectivity index is 1.83. The van der Waals surface area contributed by atoms with E-state index in [1.807, 2.05) is 13.8 Å². The Morgan fingerprint density at radius 2 is 2.11 bits per heavy atom. The number of unbranched alkanes of at least 4 members (excludes halogenated alkanes) is 1. The van der Waals surface area contributed by atoms with Crippen molar-refractivity contribution in [3.63, 3.8) is 0 Å². The molecule has 2 aliphatic rings. The molecule has 1 fully saturated rings. The number of pyridine rings is 1. The molecule has 2 aliphatic heterocycles. The van der Waals surface area contributed by atoms with Crippen LogP contribution in [0.2, 0.25) is 0 Å². The molecule has 0 aliphatic carbocycles. The molecular formula is C26H38N4O5. The number of likely N-dealkylation sites (N-methyl/N-ethyl adjacent to an activating group) is 1. The van der Waals surface area contributed by atoms with Crippen LogP contribution in [-0.2, 0) is 9.53 Å². The van der Waals surface area contributed by atoms with Crippen LogP contribution in [0.15, 0.2) is 12.3 Å². The van der Waals surface area contributed by atoms with Crippen LogP contribution in [0.5, 0.6) is 5.88 Å². The molecule has 0 radical (unpaired) electrons. The van der Waals surface area contributed by atoms with E-state index in [9.17, 15) is 14.7 Å². The van der Waals surface area contributed by atoms with Crippen molar-refractivity contribution in [3.05, 3.63) is 23.4 Å². The van der Waals surface area contributed by atoms with E-state index in [1.54, 1.807) is 29.1 Å². The third kappa shape index (κ3) is 7.17. The average molecular weight is 487 g/mol. The molecule has 1 N–H and O–H groups in total. The quantitative estimate of drug-likeness (QED) is 0.580. The molecule has 3 heterocycles. The molecule has 9 nitrogen and oxygen atoms in total. The fourth-order valence-corrected chi connectivity index (χ4v) is 4.12. The first-order chi connectivity index (χ1) is 16.8. The van der Waals surface area contributed by atoms with Crippen LogP contribution in [0.1, 0.15) is 49.5 Å². The van der Waals surface area contributed by atoms with Crippen LogP contribution < -0.4 is 4.74 Å². The molecule has 0 bridgehead atoms. The van der Waals surface area contributed by atoms with Gasteiger partial charge in [0.2, 0.25) is 11.8 Å². The Kier molecular flexibility index (Phi) is 9.90. The summed E-state index contributed by atoms with van der Waals surface area (Å²) in [5, 5.41) is 9.81. The second-order valence-electron chi connectivity index (χ2n) is 9.41. The Bertz CT molecular complexity index is 937. The summed E-state index contributed by atoms with van der Waals surface area (Å²) in [4.78, 5) is 36.2. The van der Waals surface area contributed by atoms with Gasteiger partial charge in [0.05, 0.1) is 39.0 Å². The van der Waals surface area contributed by atoms with Crippen LogP contribution in [0, 0.1) is 17.8 Å². The summed E-state index contributed by atoms with van der Waals surface area (Å²) in [6, 6.07) is 1.34. The van der Waals surface area contributed by atoms with E-state index >= 15 is 0 Å². The van der Waals surface area contributed by atoms with Crippen LogP contribution in [0.25, 0.3) is 0 Å². The molecule has 0 unspecified atom stereocenters. The number of amides is 2. The number of ether oxygens (including phenoxy) is 2. The number of rotatable bonds is 7. The molecule has 3 rings (SSSR count). The zero-order valence-electron chi connectivity index (χ0n) is 21.3. The largest absolute Gasteiger partial charge is 0.472 e. The highest BCUT2D eigenvalue weighted by atomic mass is 16.5. The van der Waals surface area contributed by atoms with Gasteiger partial charge in [-0.1, -0.05) is 25.7 Å². The minimum absolute atomic E-state index is 0.0103. The van der Waals surface area contributed by atoms with E-state index in [0.717, 1.165) is 25.9 Å². The zero-order chi connectivity index (χ0) is 25.4. The van der Waals surface area contributed by atoms with Gasteiger partial charge in [0.1, 0.15) is 11.7 Å². The van der Waals surface area contributed by atoms with Crippen molar-refractivity contribution in [2.75, 3.05) is 59.6 Å². The lowest BCUT2D eigenvalue weighted by molar-refractivity contribution is -0.133. The minimum Gasteiger partial charge on any atom is -0.472 e. The number of morpholine rings is 1. The Labute approximate surface area is 208 Å². The molecule has 35 heavy (non-hydrogen) atoms. The highest BCUT2D eigenvalue weighted by Crippen LogP contribution is 2.27. The molecule has 0 spiro atoms. The molecule has 2 amide bonds. The molecule has 9 heteroatoms. The fraction of sp³-hybridized carbons (Fsp3) is 0.654. The van der Waals surface area contributed by atoms with Crippen molar-refractivity contribution in [1.29, 1.82) is 0 Å². The highest BCUT2D eigenvalue weighted by molar-refractivity contribution is 5.97. The van der Waals surface area contributed by atoms with Crippen LogP contribution >= 0.6 is 0 Å². The number of carbonyl (C=O) groups is 2. The number of nitrogens with zero attached hydrogens (tertiary/aromatic N) is 4. The summed E-state index contributed by atoms with van der Waals surface area (Å²) in [6.45, 7) is 9.56. The van der Waals surface area contributed by atoms with E-state index in [-0.39, 0.29) is 42.4 Å². The summed E-state index contributed by atoms with van der Waals surface area (Å²) in [5.41, 5.74) is 0.974. The monoisotopic (exact) mass is 486 g/mol. The van der Waals surface area contributed by atoms with E-state index in [2.05, 4.69) is 28.6 Å². The van der Waals surface area contributed by atoms with Gasteiger partial charge in [-0.05, 0) is 19.4 Å². The standard InChI is InChI=1S/C26H38N4O5/c1-5-6-7-8-21-13-22-25(27-14-21)35-23(19(2)15-30(26(22)33)20(3)18-31)16-28(4)24(32)17-29-9-11-34-12-10-29/h13-14,19-20,23,31H,5-6,9-12,15-18H2,1-4H3/t19-,20+,23-/m0/s1. The highest BCUT2D eigenvalue weighted by Gasteiger charge is 2.34. The first kappa shape index (κ1) is 26.9. The predicted octanol–water partition coefficient (Wildman–Crippen LogP) is 1.24. The Hall–Kier alpha value is -2.67. The van der Waals surface area contributed by atoms with E-state index in [1.165, 1.54) is 0 Å². The van der Waals surface area contributed by atoms with E-state index in [4.69, 9.17) is 9.47 Å². The van der Waals surface area contributed by atoms with Gasteiger partial charge in [-0.3, -0.25) is 14.5 Å². The van der Waals surface area contributed by atoms with Gasteiger partial charge in [0, 0.05) is 50.8 Å². The van der Waals surface area contributed by atoms with Crippen molar-refractivity contribution in [2.24, 2.45) is 5.92 Å². The smallest absolute Gasteiger partial charge is 0.259 e. The van der Waals surface area contributed by atoms with Gasteiger partial charge in [0.15, 0.2) is 0 Å². The topological polar surface area (TPSA) is 95.4 Å². The molecule has 1 aromatic heterocycles. The Morgan fingerprint density at radius 3 is 2.80 bits per heavy atom. The van der Waals surface area contributed by atoms with Crippen molar-refractivity contribution in [3.8, 4) is 17.7 Å². The number of fused-ring (bicyclic) bond motifs is 1. The maximum Gasteiger partial charge on any atom is 0.259 e. The van der Waals surface area contributed by atoms with Gasteiger partial charge < -0.3 is 24.4 Å². The first-order valence-electron chi connectivity index (χ1n) is 12.5. The summed E-state index contributed by atoms with van der Waals surface area (Å²) >= 11 is 0. The van der Waals surface area contributed by atoms with E-state index in [0.29, 0.717) is 44.0 Å². The lowest BCUT2D eigenvalue weighted by Gasteiger charge is -2.38. The van der Waals surface area contributed by atoms with Crippen molar-refractivity contribution in [2.45, 2.75) is 45.8 Å². The minimum atomic E-state index is -0.376. The molecule has 3 atom stereocenters. The SMILES string of the molecule is CCCC#Cc1cnc2c(c1)C(=O)N([C@H](C)CO)C[C@H](C)[C@H](CN(C)C(=O)CN1CCOCC1)O2. The van der Waals surface area contributed by atoms with Crippen molar-refractivity contribution >= 4 is 11.8 Å². The number of carbonyl (C=O) groups excluding carboxylic acids is 2. The van der Waals surface area contributed by atoms with Gasteiger partial charge in [-0.25, -0.2) is 4.98 Å². The van der Waals surface area contributed by atoms with Gasteiger partial charge >= 0.3 is 0 Å². The average Bonchev–Trinajstić information content (AvgIpc) is 2.86. The zero-order valence-corrected chi connectivity index (χ0v) is 21.3. The van der Waals surface area contributed by atoms with E-state index < -0.39 is 0 Å². The van der Waals surface area contributed by atoms with Gasteiger partial charge in [-0.2, -0.15) is 0 Å². The number of aliphatic hydroxyl groups is 1. The van der Waals surface area contributed by atoms with Crippen LogP contribution in [-0.4, -0.2) is 108 Å². The molecule has 1 aromatic rings. The molecule has 192 valence electrons. The third-order valence-corrected chi connectivity index (χ3v) is 6.47. The van der Waals surface area contributed by atoms with Crippen molar-refractivity contribution < 1.29 is 24.2 Å². The first-order valence-corrected chi connectivity index (χ1v) is 12.5. The fourth-order valence-electron chi connectivity index (χ4n) is 4.12. The summed E-state index contributed by atoms with van der Waals surface area (Å²) in [6.07, 6.45) is 2.95. The number of hydrogen-bond donors (Lipinski definition) is 1. The van der Waals surface area contributed by atoms with Gasteiger partial charge in [-0.15, -0.1) is 0 Å². The molecule has 0 saturated carbocycles. The lowest BCUT2D eigenvalue weighted by Crippen LogP contribution is -2.51. The van der Waals surface area contributed by atoms with Crippen molar-refractivity contribution in [1.82, 2.24) is 19.7 Å². The number of aromatic nitrogens is 1. The van der Waals surface area contributed by atoms with Gasteiger partial charge in [0.25, 0.3) is 5.91 Å². The maximum atomic E-state index is 13.4. The molecule has 0 aromatic carbocycles. The molecule has 1 saturated heterocycles. The van der Waals surface area contributed by atoms with Crippen LogP contribution in [0.4, 0.5) is 0 Å². The summed E-state index contributed by atoms with van der Waals surface area (Å²) in [7, 11) is 1.78. The number of aliphatic hydroxyl groups excluding tert-OH is 1. The second kappa shape index (κ2) is 12.9. The predicted molar refractivity (Wildman–Crippen MR) is 132 cm³/mol. The normalized spacial score (nSPS) is 21.6. The second-order valence-corrected chi connectivity index (χ2v) is 9.41. The lowest BCUT2D eigenvalue weighted by atomic mass is 10.00. The number of hydrogen-bond acceptors (Lipinski definition) is 7. The van der Waals surface area contributed by atoms with Crippen LogP contribution in [0.3, 0.4) is 0 Å². The maximum absolute atomic E-state index is 13.4. The molecular weight excluding hydrogens is 448 g/mol.